The maximum absolute atomic E-state index is 4.90. The van der Waals surface area contributed by atoms with Gasteiger partial charge in [-0.3, -0.25) is 9.98 Å². The number of aryl methyl sites for hydroxylation is 2. The number of aliphatic imine (C=N–C) groups is 2. The van der Waals surface area contributed by atoms with Crippen molar-refractivity contribution in [3.63, 3.8) is 0 Å². The number of unbranched alkanes of at least 4 members (excludes halogenated alkanes) is 3. The Balaban J connectivity index is 0.00000420. The molecule has 4 rings (SSSR count). The second kappa shape index (κ2) is 13.6. The summed E-state index contributed by atoms with van der Waals surface area (Å²) in [7, 11) is 0. The van der Waals surface area contributed by atoms with Crippen molar-refractivity contribution in [1.82, 2.24) is 9.97 Å². The number of rotatable bonds is 11. The van der Waals surface area contributed by atoms with Crippen LogP contribution in [0.25, 0.3) is 12.2 Å². The Morgan fingerprint density at radius 1 is 0.615 bits per heavy atom. The van der Waals surface area contributed by atoms with Crippen LogP contribution in [0.4, 0.5) is 0 Å². The first-order valence-corrected chi connectivity index (χ1v) is 14.4. The van der Waals surface area contributed by atoms with Gasteiger partial charge in [-0.25, -0.2) is 0 Å². The molecular weight excluding hydrogens is 523 g/mol. The third-order valence-corrected chi connectivity index (χ3v) is 8.35. The molecule has 0 saturated carbocycles. The van der Waals surface area contributed by atoms with E-state index in [0.717, 1.165) is 48.5 Å². The molecule has 0 aromatic carbocycles. The molecule has 0 aliphatic carbocycles. The number of hydrogen-bond donors (Lipinski definition) is 0. The SMILES string of the molecule is CCc1c(C)c[n-]c1/C=C1\N=C(C)C(CCCCCCC2=C(C)/C(=C\c3[n-]cc(C)c3CC)N=C2C)=C1C.[Co+2]. The maximum atomic E-state index is 4.90. The molecule has 209 valence electrons. The van der Waals surface area contributed by atoms with Gasteiger partial charge in [-0.1, -0.05) is 61.1 Å². The van der Waals surface area contributed by atoms with E-state index in [2.05, 4.69) is 77.5 Å². The summed E-state index contributed by atoms with van der Waals surface area (Å²) in [4.78, 5) is 19.0. The fourth-order valence-corrected chi connectivity index (χ4v) is 5.97. The fourth-order valence-electron chi connectivity index (χ4n) is 5.97. The standard InChI is InChI=1S/C34H44N4.Co/c1-9-27-21(3)19-35-33(27)17-31-23(5)29(25(7)37-31)15-13-11-12-14-16-30-24(6)32(38-26(30)8)18-34-28(10-2)22(4)20-36-34;/h17-20H,9-16H2,1-8H3;/q-2;+2/b31-17-,32-18+;. The van der Waals surface area contributed by atoms with E-state index in [1.807, 2.05) is 12.4 Å². The second-order valence-corrected chi connectivity index (χ2v) is 10.9. The van der Waals surface area contributed by atoms with Gasteiger partial charge in [-0.2, -0.15) is 12.4 Å². The first kappa shape index (κ1) is 30.9. The Bertz CT molecular complexity index is 1280. The number of allylic oxidation sites excluding steroid dienone is 4. The van der Waals surface area contributed by atoms with Crippen LogP contribution in [0.3, 0.4) is 0 Å². The molecule has 0 spiro atoms. The molecule has 0 fully saturated rings. The predicted octanol–water partition coefficient (Wildman–Crippen LogP) is 8.64. The molecule has 0 N–H and O–H groups in total. The van der Waals surface area contributed by atoms with Crippen molar-refractivity contribution in [3.8, 4) is 0 Å². The Morgan fingerprint density at radius 3 is 1.36 bits per heavy atom. The first-order valence-electron chi connectivity index (χ1n) is 14.4. The number of nitrogens with zero attached hydrogens (tertiary/aromatic N) is 4. The zero-order valence-corrected chi connectivity index (χ0v) is 26.1. The summed E-state index contributed by atoms with van der Waals surface area (Å²) in [5, 5.41) is 0. The zero-order valence-electron chi connectivity index (χ0n) is 25.1. The number of hydrogen-bond acceptors (Lipinski definition) is 2. The van der Waals surface area contributed by atoms with Gasteiger partial charge in [-0.15, -0.1) is 11.4 Å². The van der Waals surface area contributed by atoms with Crippen molar-refractivity contribution in [2.24, 2.45) is 9.98 Å². The smallest absolute Gasteiger partial charge is 0.664 e. The summed E-state index contributed by atoms with van der Waals surface area (Å²) >= 11 is 0. The third-order valence-electron chi connectivity index (χ3n) is 8.35. The van der Waals surface area contributed by atoms with Crippen LogP contribution in [0, 0.1) is 13.8 Å². The van der Waals surface area contributed by atoms with Crippen molar-refractivity contribution in [3.05, 3.63) is 79.7 Å². The molecule has 2 aliphatic heterocycles. The predicted molar refractivity (Wildman–Crippen MR) is 163 cm³/mol. The van der Waals surface area contributed by atoms with Crippen LogP contribution >= 0.6 is 0 Å². The molecule has 0 atom stereocenters. The van der Waals surface area contributed by atoms with Gasteiger partial charge < -0.3 is 9.97 Å². The molecule has 2 aromatic rings. The van der Waals surface area contributed by atoms with E-state index in [9.17, 15) is 0 Å². The molecule has 2 aliphatic rings. The van der Waals surface area contributed by atoms with Crippen molar-refractivity contribution in [1.29, 1.82) is 0 Å². The van der Waals surface area contributed by atoms with E-state index in [1.165, 1.54) is 81.7 Å². The molecule has 2 aromatic heterocycles. The molecule has 4 heterocycles. The average Bonchev–Trinajstić information content (AvgIpc) is 3.58. The molecule has 0 unspecified atom stereocenters. The minimum Gasteiger partial charge on any atom is -0.664 e. The Morgan fingerprint density at radius 2 is 1.00 bits per heavy atom. The Kier molecular flexibility index (Phi) is 10.8. The van der Waals surface area contributed by atoms with Gasteiger partial charge in [0, 0.05) is 11.4 Å². The molecule has 1 radical (unpaired) electrons. The van der Waals surface area contributed by atoms with Crippen LogP contribution in [0.2, 0.25) is 0 Å². The molecule has 39 heavy (non-hydrogen) atoms. The quantitative estimate of drug-likeness (QED) is 0.255. The molecule has 0 bridgehead atoms. The van der Waals surface area contributed by atoms with Gasteiger partial charge in [0.05, 0.1) is 11.4 Å². The van der Waals surface area contributed by atoms with E-state index in [-0.39, 0.29) is 16.8 Å². The number of aromatic nitrogens is 2. The van der Waals surface area contributed by atoms with Gasteiger partial charge in [0.15, 0.2) is 0 Å². The topological polar surface area (TPSA) is 52.9 Å². The van der Waals surface area contributed by atoms with Gasteiger partial charge in [0.2, 0.25) is 0 Å². The molecule has 4 nitrogen and oxygen atoms in total. The summed E-state index contributed by atoms with van der Waals surface area (Å²) < 4.78 is 0. The molecular formula is C34H44CoN4. The van der Waals surface area contributed by atoms with E-state index in [0.29, 0.717) is 0 Å². The van der Waals surface area contributed by atoms with Crippen LogP contribution in [-0.2, 0) is 29.6 Å². The summed E-state index contributed by atoms with van der Waals surface area (Å²) in [6, 6.07) is 0. The van der Waals surface area contributed by atoms with Gasteiger partial charge >= 0.3 is 16.8 Å². The first-order chi connectivity index (χ1) is 18.2. The summed E-state index contributed by atoms with van der Waals surface area (Å²) in [5.41, 5.74) is 17.4. The van der Waals surface area contributed by atoms with E-state index in [4.69, 9.17) is 9.98 Å². The third kappa shape index (κ3) is 6.75. The van der Waals surface area contributed by atoms with Crippen molar-refractivity contribution >= 4 is 23.6 Å². The van der Waals surface area contributed by atoms with Crippen LogP contribution in [-0.4, -0.2) is 11.4 Å². The van der Waals surface area contributed by atoms with Gasteiger partial charge in [-0.05, 0) is 102 Å². The monoisotopic (exact) mass is 567 g/mol. The van der Waals surface area contributed by atoms with Crippen LogP contribution < -0.4 is 9.97 Å². The Hall–Kier alpha value is -2.63. The van der Waals surface area contributed by atoms with Crippen LogP contribution in [0.15, 0.2) is 56.1 Å². The normalized spacial score (nSPS) is 17.5. The second-order valence-electron chi connectivity index (χ2n) is 10.9. The van der Waals surface area contributed by atoms with Crippen LogP contribution in [0.1, 0.15) is 114 Å². The maximum Gasteiger partial charge on any atom is 2.00 e. The van der Waals surface area contributed by atoms with E-state index in [1.54, 1.807) is 0 Å². The molecule has 5 heteroatoms. The average molecular weight is 568 g/mol. The summed E-state index contributed by atoms with van der Waals surface area (Å²) in [6.07, 6.45) is 17.4. The van der Waals surface area contributed by atoms with Crippen molar-refractivity contribution in [2.75, 3.05) is 0 Å². The van der Waals surface area contributed by atoms with Gasteiger partial charge in [0.25, 0.3) is 0 Å². The molecule has 0 saturated heterocycles. The molecule has 0 amide bonds. The zero-order chi connectivity index (χ0) is 27.4. The largest absolute Gasteiger partial charge is 2.00 e. The minimum absolute atomic E-state index is 0. The van der Waals surface area contributed by atoms with E-state index >= 15 is 0 Å². The fraction of sp³-hybridized carbons (Fsp3) is 0.471. The van der Waals surface area contributed by atoms with Gasteiger partial charge in [0.1, 0.15) is 0 Å². The van der Waals surface area contributed by atoms with Crippen molar-refractivity contribution < 1.29 is 16.8 Å². The summed E-state index contributed by atoms with van der Waals surface area (Å²) in [6.45, 7) is 17.4. The van der Waals surface area contributed by atoms with Crippen molar-refractivity contribution in [2.45, 2.75) is 107 Å². The van der Waals surface area contributed by atoms with E-state index < -0.39 is 0 Å². The summed E-state index contributed by atoms with van der Waals surface area (Å²) in [5.74, 6) is 0. The minimum atomic E-state index is 0. The Labute approximate surface area is 246 Å². The van der Waals surface area contributed by atoms with Crippen LogP contribution in [0.5, 0.6) is 0 Å².